The monoisotopic (exact) mass is 399 g/mol. The lowest BCUT2D eigenvalue weighted by Crippen LogP contribution is -2.56. The Morgan fingerprint density at radius 1 is 1.41 bits per heavy atom. The highest BCUT2D eigenvalue weighted by atomic mass is 16.5. The van der Waals surface area contributed by atoms with E-state index in [1.165, 1.54) is 0 Å². The molecule has 0 saturated carbocycles. The minimum absolute atomic E-state index is 0.0388. The van der Waals surface area contributed by atoms with Crippen LogP contribution in [0.1, 0.15) is 17.5 Å². The third-order valence-corrected chi connectivity index (χ3v) is 5.33. The number of methoxy groups -OCH3 is 1. The zero-order valence-corrected chi connectivity index (χ0v) is 17.3. The summed E-state index contributed by atoms with van der Waals surface area (Å²) in [7, 11) is 3.43. The van der Waals surface area contributed by atoms with Gasteiger partial charge >= 0.3 is 0 Å². The van der Waals surface area contributed by atoms with E-state index < -0.39 is 6.04 Å². The number of carbonyl (C=O) groups is 2. The van der Waals surface area contributed by atoms with Crippen molar-refractivity contribution in [2.24, 2.45) is 0 Å². The second kappa shape index (κ2) is 9.56. The van der Waals surface area contributed by atoms with Crippen LogP contribution in [0.4, 0.5) is 0 Å². The lowest BCUT2D eigenvalue weighted by Gasteiger charge is -2.35. The Labute approximate surface area is 171 Å². The number of ether oxygens (including phenoxy) is 1. The van der Waals surface area contributed by atoms with Crippen molar-refractivity contribution in [1.29, 1.82) is 0 Å². The molecule has 156 valence electrons. The molecule has 1 N–H and O–H groups in total. The van der Waals surface area contributed by atoms with Gasteiger partial charge in [-0.1, -0.05) is 12.1 Å². The van der Waals surface area contributed by atoms with E-state index >= 15 is 0 Å². The van der Waals surface area contributed by atoms with Gasteiger partial charge in [0.05, 0.1) is 25.9 Å². The van der Waals surface area contributed by atoms with Gasteiger partial charge in [0, 0.05) is 52.2 Å². The van der Waals surface area contributed by atoms with Crippen molar-refractivity contribution in [2.45, 2.75) is 32.5 Å². The average Bonchev–Trinajstić information content (AvgIpc) is 3.22. The minimum Gasteiger partial charge on any atom is -0.496 e. The molecule has 1 aliphatic rings. The molecule has 1 aromatic carbocycles. The maximum atomic E-state index is 12.7. The predicted molar refractivity (Wildman–Crippen MR) is 109 cm³/mol. The molecule has 0 radical (unpaired) electrons. The Balaban J connectivity index is 1.62. The maximum absolute atomic E-state index is 12.7. The number of nitrogens with zero attached hydrogens (tertiary/aromatic N) is 4. The van der Waals surface area contributed by atoms with Crippen molar-refractivity contribution in [1.82, 2.24) is 24.7 Å². The number of likely N-dealkylation sites (N-methyl/N-ethyl adjacent to an activating group) is 1. The van der Waals surface area contributed by atoms with Crippen LogP contribution in [0.25, 0.3) is 0 Å². The minimum atomic E-state index is -0.464. The predicted octanol–water partition coefficient (Wildman–Crippen LogP) is 1.05. The molecule has 1 aromatic heterocycles. The van der Waals surface area contributed by atoms with Crippen molar-refractivity contribution in [2.75, 3.05) is 33.8 Å². The second-order valence-electron chi connectivity index (χ2n) is 7.40. The van der Waals surface area contributed by atoms with Crippen LogP contribution in [-0.2, 0) is 22.7 Å². The van der Waals surface area contributed by atoms with E-state index in [1.54, 1.807) is 31.6 Å². The summed E-state index contributed by atoms with van der Waals surface area (Å²) in [6.45, 7) is 5.17. The average molecular weight is 399 g/mol. The van der Waals surface area contributed by atoms with E-state index in [9.17, 15) is 9.59 Å². The van der Waals surface area contributed by atoms with Gasteiger partial charge < -0.3 is 19.5 Å². The van der Waals surface area contributed by atoms with Crippen LogP contribution < -0.4 is 10.1 Å². The molecule has 0 spiro atoms. The number of nitrogens with one attached hydrogen (secondary N) is 1. The lowest BCUT2D eigenvalue weighted by atomic mass is 10.0. The first-order valence-corrected chi connectivity index (χ1v) is 9.83. The van der Waals surface area contributed by atoms with Gasteiger partial charge in [0.25, 0.3) is 0 Å². The number of carbonyl (C=O) groups excluding carboxylic acids is 2. The first kappa shape index (κ1) is 20.9. The van der Waals surface area contributed by atoms with Gasteiger partial charge in [0.15, 0.2) is 0 Å². The first-order valence-electron chi connectivity index (χ1n) is 9.83. The van der Waals surface area contributed by atoms with E-state index in [-0.39, 0.29) is 18.2 Å². The number of hydrogen-bond donors (Lipinski definition) is 1. The van der Waals surface area contributed by atoms with Gasteiger partial charge in [0.2, 0.25) is 11.8 Å². The Morgan fingerprint density at radius 3 is 2.93 bits per heavy atom. The number of aromatic nitrogens is 2. The summed E-state index contributed by atoms with van der Waals surface area (Å²) in [6, 6.07) is 5.56. The summed E-state index contributed by atoms with van der Waals surface area (Å²) >= 11 is 0. The molecule has 8 nitrogen and oxygen atoms in total. The SMILES string of the molecule is COc1ccc(CN2CCNC(=O)[C@@H]2CC(=O)N(C)CCn2ccnc2)cc1C. The number of rotatable bonds is 8. The molecule has 29 heavy (non-hydrogen) atoms. The van der Waals surface area contributed by atoms with E-state index in [1.807, 2.05) is 29.8 Å². The zero-order valence-electron chi connectivity index (χ0n) is 17.3. The second-order valence-corrected chi connectivity index (χ2v) is 7.40. The molecule has 0 unspecified atom stereocenters. The topological polar surface area (TPSA) is 79.7 Å². The van der Waals surface area contributed by atoms with Crippen molar-refractivity contribution >= 4 is 11.8 Å². The molecule has 3 rings (SSSR count). The van der Waals surface area contributed by atoms with Crippen LogP contribution in [-0.4, -0.2) is 71.0 Å². The molecule has 1 aliphatic heterocycles. The van der Waals surface area contributed by atoms with Gasteiger partial charge in [0.1, 0.15) is 5.75 Å². The number of aryl methyl sites for hydroxylation is 1. The number of imidazole rings is 1. The fourth-order valence-electron chi connectivity index (χ4n) is 3.58. The molecule has 2 heterocycles. The molecule has 0 aliphatic carbocycles. The molecule has 1 fully saturated rings. The Morgan fingerprint density at radius 2 is 2.24 bits per heavy atom. The third kappa shape index (κ3) is 5.35. The van der Waals surface area contributed by atoms with Crippen molar-refractivity contribution in [3.8, 4) is 5.75 Å². The highest BCUT2D eigenvalue weighted by molar-refractivity contribution is 5.88. The third-order valence-electron chi connectivity index (χ3n) is 5.33. The Hall–Kier alpha value is -2.87. The summed E-state index contributed by atoms with van der Waals surface area (Å²) in [5.74, 6) is 0.720. The van der Waals surface area contributed by atoms with Crippen molar-refractivity contribution < 1.29 is 14.3 Å². The summed E-state index contributed by atoms with van der Waals surface area (Å²) < 4.78 is 7.25. The summed E-state index contributed by atoms with van der Waals surface area (Å²) in [6.07, 6.45) is 5.48. The fraction of sp³-hybridized carbons (Fsp3) is 0.476. The van der Waals surface area contributed by atoms with Gasteiger partial charge in [-0.2, -0.15) is 0 Å². The van der Waals surface area contributed by atoms with E-state index in [0.29, 0.717) is 32.7 Å². The molecular formula is C21H29N5O3. The molecule has 0 bridgehead atoms. The quantitative estimate of drug-likeness (QED) is 0.718. The standard InChI is InChI=1S/C21H29N5O3/c1-16-12-17(4-5-19(16)29-3)14-26-9-7-23-21(28)18(26)13-20(27)24(2)10-11-25-8-6-22-15-25/h4-6,8,12,15,18H,7,9-11,13-14H2,1-3H3,(H,23,28)/t18-/m0/s1. The largest absolute Gasteiger partial charge is 0.496 e. The van der Waals surface area contributed by atoms with Gasteiger partial charge in [-0.05, 0) is 24.1 Å². The summed E-state index contributed by atoms with van der Waals surface area (Å²) in [5.41, 5.74) is 2.15. The zero-order chi connectivity index (χ0) is 20.8. The van der Waals surface area contributed by atoms with E-state index in [4.69, 9.17) is 4.74 Å². The van der Waals surface area contributed by atoms with Crippen LogP contribution in [0.5, 0.6) is 5.75 Å². The van der Waals surface area contributed by atoms with E-state index in [0.717, 1.165) is 16.9 Å². The highest BCUT2D eigenvalue weighted by Crippen LogP contribution is 2.21. The molecular weight excluding hydrogens is 370 g/mol. The normalized spacial score (nSPS) is 17.1. The van der Waals surface area contributed by atoms with Crippen molar-refractivity contribution in [3.05, 3.63) is 48.0 Å². The molecule has 8 heteroatoms. The number of hydrogen-bond acceptors (Lipinski definition) is 5. The first-order chi connectivity index (χ1) is 14.0. The number of amides is 2. The van der Waals surface area contributed by atoms with Crippen LogP contribution in [0, 0.1) is 6.92 Å². The van der Waals surface area contributed by atoms with Crippen LogP contribution >= 0.6 is 0 Å². The lowest BCUT2D eigenvalue weighted by molar-refractivity contribution is -0.138. The molecule has 1 atom stereocenters. The number of benzene rings is 1. The van der Waals surface area contributed by atoms with Gasteiger partial charge in [-0.25, -0.2) is 4.98 Å². The van der Waals surface area contributed by atoms with Crippen LogP contribution in [0.2, 0.25) is 0 Å². The Bertz CT molecular complexity index is 837. The van der Waals surface area contributed by atoms with E-state index in [2.05, 4.69) is 21.3 Å². The van der Waals surface area contributed by atoms with Crippen molar-refractivity contribution in [3.63, 3.8) is 0 Å². The fourth-order valence-corrected chi connectivity index (χ4v) is 3.58. The molecule has 2 aromatic rings. The highest BCUT2D eigenvalue weighted by Gasteiger charge is 2.32. The Kier molecular flexibility index (Phi) is 6.87. The molecule has 2 amide bonds. The summed E-state index contributed by atoms with van der Waals surface area (Å²) in [4.78, 5) is 33.0. The van der Waals surface area contributed by atoms with Gasteiger partial charge in [-0.3, -0.25) is 14.5 Å². The van der Waals surface area contributed by atoms with Crippen LogP contribution in [0.3, 0.4) is 0 Å². The molecule has 1 saturated heterocycles. The van der Waals surface area contributed by atoms with Crippen LogP contribution in [0.15, 0.2) is 36.9 Å². The summed E-state index contributed by atoms with van der Waals surface area (Å²) in [5, 5.41) is 2.89. The number of piperazine rings is 1. The maximum Gasteiger partial charge on any atom is 0.237 e. The smallest absolute Gasteiger partial charge is 0.237 e. The van der Waals surface area contributed by atoms with Gasteiger partial charge in [-0.15, -0.1) is 0 Å².